The summed E-state index contributed by atoms with van der Waals surface area (Å²) in [5.74, 6) is -2.06. The number of carboxylic acid groups (broad SMARTS) is 1. The number of hydrogen-bond donors (Lipinski definition) is 2. The second-order valence-electron chi connectivity index (χ2n) is 6.49. The summed E-state index contributed by atoms with van der Waals surface area (Å²) >= 11 is 0. The quantitative estimate of drug-likeness (QED) is 0.557. The third kappa shape index (κ3) is 4.90. The topological polar surface area (TPSA) is 110 Å². The van der Waals surface area contributed by atoms with Gasteiger partial charge in [-0.3, -0.25) is 0 Å². The SMILES string of the molecule is Cc1ccc(S(=O)(=O)CCOc2ccc(C(=O)O)c(O)c2Oc2ccccc2)cc1. The maximum absolute atomic E-state index is 12.5. The minimum atomic E-state index is -3.57. The van der Waals surface area contributed by atoms with E-state index in [1.807, 2.05) is 6.92 Å². The van der Waals surface area contributed by atoms with Crippen molar-refractivity contribution in [3.05, 3.63) is 77.9 Å². The molecule has 0 fully saturated rings. The molecule has 2 N–H and O–H groups in total. The van der Waals surface area contributed by atoms with Crippen LogP contribution < -0.4 is 9.47 Å². The monoisotopic (exact) mass is 428 g/mol. The third-order valence-electron chi connectivity index (χ3n) is 4.28. The molecule has 0 aromatic heterocycles. The summed E-state index contributed by atoms with van der Waals surface area (Å²) in [6.07, 6.45) is 0. The Morgan fingerprint density at radius 3 is 2.27 bits per heavy atom. The number of sulfone groups is 1. The second-order valence-corrected chi connectivity index (χ2v) is 8.60. The van der Waals surface area contributed by atoms with Gasteiger partial charge in [0.1, 0.15) is 17.9 Å². The summed E-state index contributed by atoms with van der Waals surface area (Å²) in [5, 5.41) is 19.6. The van der Waals surface area contributed by atoms with Crippen LogP contribution in [0.25, 0.3) is 0 Å². The van der Waals surface area contributed by atoms with Gasteiger partial charge >= 0.3 is 5.97 Å². The molecule has 0 aliphatic heterocycles. The summed E-state index contributed by atoms with van der Waals surface area (Å²) < 4.78 is 36.1. The van der Waals surface area contributed by atoms with Gasteiger partial charge < -0.3 is 19.7 Å². The number of hydrogen-bond acceptors (Lipinski definition) is 6. The van der Waals surface area contributed by atoms with Gasteiger partial charge in [-0.15, -0.1) is 0 Å². The molecule has 8 heteroatoms. The van der Waals surface area contributed by atoms with Gasteiger partial charge in [-0.25, -0.2) is 13.2 Å². The maximum Gasteiger partial charge on any atom is 0.339 e. The van der Waals surface area contributed by atoms with E-state index >= 15 is 0 Å². The molecule has 3 aromatic carbocycles. The molecule has 156 valence electrons. The van der Waals surface area contributed by atoms with Crippen LogP contribution in [0.4, 0.5) is 0 Å². The molecular formula is C22H20O7S. The van der Waals surface area contributed by atoms with Crippen LogP contribution in [0.5, 0.6) is 23.0 Å². The molecule has 0 aliphatic rings. The molecule has 0 amide bonds. The molecule has 0 aliphatic carbocycles. The summed E-state index contributed by atoms with van der Waals surface area (Å²) in [6.45, 7) is 1.65. The normalized spacial score (nSPS) is 11.1. The van der Waals surface area contributed by atoms with Crippen LogP contribution in [-0.4, -0.2) is 37.0 Å². The number of carbonyl (C=O) groups is 1. The highest BCUT2D eigenvalue weighted by molar-refractivity contribution is 7.91. The Morgan fingerprint density at radius 1 is 0.967 bits per heavy atom. The first-order valence-corrected chi connectivity index (χ1v) is 10.7. The fourth-order valence-electron chi connectivity index (χ4n) is 2.67. The molecule has 0 bridgehead atoms. The van der Waals surface area contributed by atoms with Crippen LogP contribution in [0.1, 0.15) is 15.9 Å². The van der Waals surface area contributed by atoms with E-state index in [1.165, 1.54) is 24.3 Å². The van der Waals surface area contributed by atoms with E-state index in [4.69, 9.17) is 9.47 Å². The highest BCUT2D eigenvalue weighted by Crippen LogP contribution is 2.42. The molecule has 0 unspecified atom stereocenters. The van der Waals surface area contributed by atoms with Gasteiger partial charge in [-0.1, -0.05) is 35.9 Å². The Labute approximate surface area is 174 Å². The first-order chi connectivity index (χ1) is 14.3. The molecule has 7 nitrogen and oxygen atoms in total. The highest BCUT2D eigenvalue weighted by atomic mass is 32.2. The van der Waals surface area contributed by atoms with E-state index < -0.39 is 21.6 Å². The summed E-state index contributed by atoms with van der Waals surface area (Å²) in [7, 11) is -3.57. The van der Waals surface area contributed by atoms with Crippen LogP contribution in [-0.2, 0) is 9.84 Å². The average molecular weight is 428 g/mol. The first-order valence-electron chi connectivity index (χ1n) is 9.02. The Hall–Kier alpha value is -3.52. The highest BCUT2D eigenvalue weighted by Gasteiger charge is 2.21. The van der Waals surface area contributed by atoms with Crippen LogP contribution >= 0.6 is 0 Å². The van der Waals surface area contributed by atoms with Crippen molar-refractivity contribution in [1.29, 1.82) is 0 Å². The Kier molecular flexibility index (Phi) is 6.27. The lowest BCUT2D eigenvalue weighted by Gasteiger charge is -2.15. The lowest BCUT2D eigenvalue weighted by molar-refractivity contribution is 0.0693. The van der Waals surface area contributed by atoms with Gasteiger partial charge in [0.05, 0.1) is 10.6 Å². The molecule has 3 aromatic rings. The number of phenols is 1. The summed E-state index contributed by atoms with van der Waals surface area (Å²) in [5.41, 5.74) is 0.586. The van der Waals surface area contributed by atoms with E-state index in [0.29, 0.717) is 5.75 Å². The lowest BCUT2D eigenvalue weighted by Crippen LogP contribution is -2.14. The number of aromatic carboxylic acids is 1. The average Bonchev–Trinajstić information content (AvgIpc) is 2.71. The van der Waals surface area contributed by atoms with Crippen molar-refractivity contribution in [2.24, 2.45) is 0 Å². The predicted molar refractivity (Wildman–Crippen MR) is 110 cm³/mol. The van der Waals surface area contributed by atoms with E-state index in [-0.39, 0.29) is 34.3 Å². The molecule has 0 spiro atoms. The molecule has 3 rings (SSSR count). The van der Waals surface area contributed by atoms with Crippen LogP contribution in [0.2, 0.25) is 0 Å². The smallest absolute Gasteiger partial charge is 0.339 e. The molecular weight excluding hydrogens is 408 g/mol. The third-order valence-corrected chi connectivity index (χ3v) is 5.97. The lowest BCUT2D eigenvalue weighted by atomic mass is 10.1. The van der Waals surface area contributed by atoms with Gasteiger partial charge in [0.15, 0.2) is 21.3 Å². The number of aromatic hydroxyl groups is 1. The number of rotatable bonds is 8. The van der Waals surface area contributed by atoms with Gasteiger partial charge in [0.25, 0.3) is 0 Å². The zero-order valence-corrected chi connectivity index (χ0v) is 16.9. The minimum Gasteiger partial charge on any atom is -0.504 e. The van der Waals surface area contributed by atoms with Crippen LogP contribution in [0, 0.1) is 6.92 Å². The molecule has 0 atom stereocenters. The van der Waals surface area contributed by atoms with E-state index in [0.717, 1.165) is 5.56 Å². The van der Waals surface area contributed by atoms with Gasteiger partial charge in [0, 0.05) is 0 Å². The second kappa shape index (κ2) is 8.87. The van der Waals surface area contributed by atoms with Crippen molar-refractivity contribution in [2.45, 2.75) is 11.8 Å². The van der Waals surface area contributed by atoms with E-state index in [9.17, 15) is 23.4 Å². The standard InChI is InChI=1S/C22H20O7S/c1-15-7-9-17(10-8-15)30(26,27)14-13-28-19-12-11-18(22(24)25)20(23)21(19)29-16-5-3-2-4-6-16/h2-12,23H,13-14H2,1H3,(H,24,25). The minimum absolute atomic E-state index is 0.0282. The van der Waals surface area contributed by atoms with Crippen molar-refractivity contribution in [1.82, 2.24) is 0 Å². The Bertz CT molecular complexity index is 1140. The van der Waals surface area contributed by atoms with Crippen molar-refractivity contribution < 1.29 is 32.9 Å². The Morgan fingerprint density at radius 2 is 1.63 bits per heavy atom. The van der Waals surface area contributed by atoms with E-state index in [2.05, 4.69) is 0 Å². The summed E-state index contributed by atoms with van der Waals surface area (Å²) in [4.78, 5) is 11.5. The number of carboxylic acids is 1. The zero-order chi connectivity index (χ0) is 21.7. The molecule has 0 heterocycles. The molecule has 30 heavy (non-hydrogen) atoms. The van der Waals surface area contributed by atoms with Crippen LogP contribution in [0.3, 0.4) is 0 Å². The van der Waals surface area contributed by atoms with Gasteiger partial charge in [-0.05, 0) is 43.3 Å². The van der Waals surface area contributed by atoms with Crippen molar-refractivity contribution >= 4 is 15.8 Å². The molecule has 0 saturated heterocycles. The fraction of sp³-hybridized carbons (Fsp3) is 0.136. The first kappa shape index (κ1) is 21.2. The van der Waals surface area contributed by atoms with Gasteiger partial charge in [0.2, 0.25) is 5.75 Å². The van der Waals surface area contributed by atoms with Crippen molar-refractivity contribution in [2.75, 3.05) is 12.4 Å². The molecule has 0 radical (unpaired) electrons. The van der Waals surface area contributed by atoms with Crippen molar-refractivity contribution in [3.63, 3.8) is 0 Å². The predicted octanol–water partition coefficient (Wildman–Crippen LogP) is 4.04. The van der Waals surface area contributed by atoms with Crippen molar-refractivity contribution in [3.8, 4) is 23.0 Å². The van der Waals surface area contributed by atoms with E-state index in [1.54, 1.807) is 42.5 Å². The molecule has 0 saturated carbocycles. The maximum atomic E-state index is 12.5. The summed E-state index contributed by atoms with van der Waals surface area (Å²) in [6, 6.07) is 17.4. The zero-order valence-electron chi connectivity index (χ0n) is 16.1. The number of ether oxygens (including phenoxy) is 2. The largest absolute Gasteiger partial charge is 0.504 e. The number of para-hydroxylation sites is 1. The van der Waals surface area contributed by atoms with Gasteiger partial charge in [-0.2, -0.15) is 0 Å². The fourth-order valence-corrected chi connectivity index (χ4v) is 3.76. The number of benzene rings is 3. The number of aryl methyl sites for hydroxylation is 1. The Balaban J connectivity index is 1.82. The van der Waals surface area contributed by atoms with Crippen LogP contribution in [0.15, 0.2) is 71.6 Å².